The van der Waals surface area contributed by atoms with Gasteiger partial charge in [-0.1, -0.05) is 39.5 Å². The van der Waals surface area contributed by atoms with Crippen LogP contribution in [0.1, 0.15) is 46.0 Å². The average Bonchev–Trinajstić information content (AvgIpc) is 2.10. The summed E-state index contributed by atoms with van der Waals surface area (Å²) in [5, 5.41) is 0. The third kappa shape index (κ3) is 7.34. The molecule has 0 aliphatic carbocycles. The average molecular weight is 200 g/mol. The minimum Gasteiger partial charge on any atom is -0.327 e. The van der Waals surface area contributed by atoms with Crippen LogP contribution in [0.15, 0.2) is 0 Å². The Labute approximate surface area is 89.9 Å². The number of nitrogens with two attached hydrogens (primary N) is 1. The van der Waals surface area contributed by atoms with E-state index in [0.29, 0.717) is 6.04 Å². The van der Waals surface area contributed by atoms with Gasteiger partial charge in [0, 0.05) is 12.6 Å². The van der Waals surface area contributed by atoms with Gasteiger partial charge in [0.25, 0.3) is 0 Å². The van der Waals surface area contributed by atoms with Crippen LogP contribution < -0.4 is 5.73 Å². The lowest BCUT2D eigenvalue weighted by Crippen LogP contribution is -2.34. The van der Waals surface area contributed by atoms with Gasteiger partial charge < -0.3 is 10.6 Å². The molecule has 0 rings (SSSR count). The summed E-state index contributed by atoms with van der Waals surface area (Å²) in [6.07, 6.45) is 6.48. The molecule has 0 aliphatic rings. The molecular weight excluding hydrogens is 172 g/mol. The fraction of sp³-hybridized carbons (Fsp3) is 1.00. The Morgan fingerprint density at radius 2 is 1.86 bits per heavy atom. The van der Waals surface area contributed by atoms with Crippen molar-refractivity contribution in [2.45, 2.75) is 52.0 Å². The van der Waals surface area contributed by atoms with Gasteiger partial charge in [0.15, 0.2) is 0 Å². The van der Waals surface area contributed by atoms with Gasteiger partial charge in [0.2, 0.25) is 0 Å². The maximum atomic E-state index is 6.08. The van der Waals surface area contributed by atoms with Crippen molar-refractivity contribution >= 4 is 0 Å². The molecule has 0 radical (unpaired) electrons. The van der Waals surface area contributed by atoms with E-state index in [1.54, 1.807) is 0 Å². The molecule has 0 fully saturated rings. The minimum absolute atomic E-state index is 0.354. The molecule has 0 saturated carbocycles. The van der Waals surface area contributed by atoms with E-state index in [1.165, 1.54) is 32.1 Å². The summed E-state index contributed by atoms with van der Waals surface area (Å²) in [5.41, 5.74) is 6.08. The fourth-order valence-corrected chi connectivity index (χ4v) is 1.95. The predicted octanol–water partition coefficient (Wildman–Crippen LogP) is 2.48. The Balaban J connectivity index is 3.68. The summed E-state index contributed by atoms with van der Waals surface area (Å²) in [5.74, 6) is 0.838. The molecule has 86 valence electrons. The van der Waals surface area contributed by atoms with E-state index >= 15 is 0 Å². The Bertz CT molecular complexity index is 123. The molecule has 2 unspecified atom stereocenters. The first kappa shape index (κ1) is 13.9. The zero-order valence-electron chi connectivity index (χ0n) is 10.4. The van der Waals surface area contributed by atoms with Crippen LogP contribution in [0.4, 0.5) is 0 Å². The van der Waals surface area contributed by atoms with Gasteiger partial charge in [0.1, 0.15) is 0 Å². The first-order chi connectivity index (χ1) is 6.60. The monoisotopic (exact) mass is 200 g/mol. The van der Waals surface area contributed by atoms with Gasteiger partial charge in [-0.15, -0.1) is 0 Å². The number of hydrogen-bond donors (Lipinski definition) is 1. The number of nitrogens with zero attached hydrogens (tertiary/aromatic N) is 1. The van der Waals surface area contributed by atoms with E-state index < -0.39 is 0 Å². The molecule has 2 heteroatoms. The van der Waals surface area contributed by atoms with Crippen molar-refractivity contribution in [2.24, 2.45) is 11.7 Å². The highest BCUT2D eigenvalue weighted by atomic mass is 15.1. The molecular formula is C12H28N2. The molecule has 0 amide bonds. The van der Waals surface area contributed by atoms with E-state index in [9.17, 15) is 0 Å². The van der Waals surface area contributed by atoms with Crippen molar-refractivity contribution in [1.29, 1.82) is 0 Å². The van der Waals surface area contributed by atoms with Crippen molar-refractivity contribution in [3.8, 4) is 0 Å². The molecule has 0 aromatic carbocycles. The summed E-state index contributed by atoms with van der Waals surface area (Å²) in [7, 11) is 4.18. The number of likely N-dealkylation sites (N-methyl/N-ethyl adjacent to an activating group) is 1. The standard InChI is InChI=1S/C12H28N2/c1-5-7-8-11(6-2)9-12(13)10-14(3)4/h11-12H,5-10,13H2,1-4H3. The van der Waals surface area contributed by atoms with E-state index in [-0.39, 0.29) is 0 Å². The lowest BCUT2D eigenvalue weighted by Gasteiger charge is -2.22. The lowest BCUT2D eigenvalue weighted by molar-refractivity contribution is 0.315. The Morgan fingerprint density at radius 1 is 1.21 bits per heavy atom. The Morgan fingerprint density at radius 3 is 2.29 bits per heavy atom. The molecule has 0 bridgehead atoms. The molecule has 2 N–H and O–H groups in total. The molecule has 0 spiro atoms. The summed E-state index contributed by atoms with van der Waals surface area (Å²) < 4.78 is 0. The second-order valence-corrected chi connectivity index (χ2v) is 4.67. The molecule has 0 saturated heterocycles. The summed E-state index contributed by atoms with van der Waals surface area (Å²) in [4.78, 5) is 2.18. The van der Waals surface area contributed by atoms with Crippen LogP contribution in [0, 0.1) is 5.92 Å². The normalized spacial score (nSPS) is 15.9. The maximum Gasteiger partial charge on any atom is 0.0170 e. The highest BCUT2D eigenvalue weighted by Gasteiger charge is 2.11. The van der Waals surface area contributed by atoms with Crippen molar-refractivity contribution in [3.05, 3.63) is 0 Å². The van der Waals surface area contributed by atoms with Crippen LogP contribution in [-0.2, 0) is 0 Å². The van der Waals surface area contributed by atoms with Gasteiger partial charge in [-0.25, -0.2) is 0 Å². The number of hydrogen-bond acceptors (Lipinski definition) is 2. The highest BCUT2D eigenvalue weighted by Crippen LogP contribution is 2.17. The SMILES string of the molecule is CCCCC(CC)CC(N)CN(C)C. The Kier molecular flexibility index (Phi) is 8.20. The first-order valence-corrected chi connectivity index (χ1v) is 6.00. The molecule has 2 atom stereocenters. The molecule has 14 heavy (non-hydrogen) atoms. The van der Waals surface area contributed by atoms with Crippen molar-refractivity contribution in [3.63, 3.8) is 0 Å². The quantitative estimate of drug-likeness (QED) is 0.652. The zero-order chi connectivity index (χ0) is 11.0. The summed E-state index contributed by atoms with van der Waals surface area (Å²) in [6.45, 7) is 5.55. The second kappa shape index (κ2) is 8.25. The zero-order valence-corrected chi connectivity index (χ0v) is 10.4. The van der Waals surface area contributed by atoms with Crippen LogP contribution >= 0.6 is 0 Å². The second-order valence-electron chi connectivity index (χ2n) is 4.67. The minimum atomic E-state index is 0.354. The Hall–Kier alpha value is -0.0800. The van der Waals surface area contributed by atoms with Crippen molar-refractivity contribution in [2.75, 3.05) is 20.6 Å². The van der Waals surface area contributed by atoms with Crippen molar-refractivity contribution in [1.82, 2.24) is 4.90 Å². The van der Waals surface area contributed by atoms with Crippen LogP contribution in [0.2, 0.25) is 0 Å². The highest BCUT2D eigenvalue weighted by molar-refractivity contribution is 4.69. The molecule has 2 nitrogen and oxygen atoms in total. The van der Waals surface area contributed by atoms with Gasteiger partial charge in [-0.3, -0.25) is 0 Å². The number of rotatable bonds is 8. The number of unbranched alkanes of at least 4 members (excludes halogenated alkanes) is 1. The molecule has 0 aliphatic heterocycles. The predicted molar refractivity (Wildman–Crippen MR) is 64.5 cm³/mol. The molecule has 0 aromatic heterocycles. The first-order valence-electron chi connectivity index (χ1n) is 6.00. The molecule has 0 heterocycles. The third-order valence-corrected chi connectivity index (χ3v) is 2.78. The van der Waals surface area contributed by atoms with Crippen LogP contribution in [-0.4, -0.2) is 31.6 Å². The fourth-order valence-electron chi connectivity index (χ4n) is 1.95. The van der Waals surface area contributed by atoms with E-state index in [0.717, 1.165) is 12.5 Å². The van der Waals surface area contributed by atoms with Gasteiger partial charge >= 0.3 is 0 Å². The summed E-state index contributed by atoms with van der Waals surface area (Å²) in [6, 6.07) is 0.354. The van der Waals surface area contributed by atoms with Gasteiger partial charge in [0.05, 0.1) is 0 Å². The maximum absolute atomic E-state index is 6.08. The van der Waals surface area contributed by atoms with Gasteiger partial charge in [-0.2, -0.15) is 0 Å². The topological polar surface area (TPSA) is 29.3 Å². The summed E-state index contributed by atoms with van der Waals surface area (Å²) >= 11 is 0. The van der Waals surface area contributed by atoms with E-state index in [1.807, 2.05) is 0 Å². The van der Waals surface area contributed by atoms with Gasteiger partial charge in [-0.05, 0) is 26.4 Å². The van der Waals surface area contributed by atoms with E-state index in [2.05, 4.69) is 32.8 Å². The lowest BCUT2D eigenvalue weighted by atomic mass is 9.92. The van der Waals surface area contributed by atoms with Crippen molar-refractivity contribution < 1.29 is 0 Å². The van der Waals surface area contributed by atoms with E-state index in [4.69, 9.17) is 5.73 Å². The third-order valence-electron chi connectivity index (χ3n) is 2.78. The van der Waals surface area contributed by atoms with Crippen LogP contribution in [0.3, 0.4) is 0 Å². The largest absolute Gasteiger partial charge is 0.327 e. The smallest absolute Gasteiger partial charge is 0.0170 e. The van der Waals surface area contributed by atoms with Crippen LogP contribution in [0.25, 0.3) is 0 Å². The van der Waals surface area contributed by atoms with Crippen LogP contribution in [0.5, 0.6) is 0 Å². The molecule has 0 aromatic rings.